The summed E-state index contributed by atoms with van der Waals surface area (Å²) in [6.45, 7) is 7.53. The Morgan fingerprint density at radius 1 is 1.32 bits per heavy atom. The molecule has 0 aliphatic carbocycles. The van der Waals surface area contributed by atoms with E-state index < -0.39 is 23.5 Å². The normalized spacial score (nSPS) is 19.7. The lowest BCUT2D eigenvalue weighted by Gasteiger charge is -2.27. The van der Waals surface area contributed by atoms with Crippen molar-refractivity contribution < 1.29 is 24.0 Å². The molecule has 1 fully saturated rings. The Kier molecular flexibility index (Phi) is 6.34. The second-order valence-corrected chi connectivity index (χ2v) is 6.55. The third-order valence-electron chi connectivity index (χ3n) is 3.36. The number of esters is 1. The Balaban J connectivity index is 2.62. The quantitative estimate of drug-likeness (QED) is 0.605. The lowest BCUT2D eigenvalue weighted by Crippen LogP contribution is -2.47. The maximum atomic E-state index is 12.5. The van der Waals surface area contributed by atoms with Crippen LogP contribution in [-0.4, -0.2) is 48.0 Å². The number of hydroxylamine groups is 1. The van der Waals surface area contributed by atoms with Crippen LogP contribution in [0.2, 0.25) is 0 Å². The number of hydrogen-bond donors (Lipinski definition) is 1. The van der Waals surface area contributed by atoms with Gasteiger partial charge in [0.25, 0.3) is 5.91 Å². The minimum absolute atomic E-state index is 0.00518. The number of carbonyl (C=O) groups is 3. The highest BCUT2D eigenvalue weighted by Gasteiger charge is 2.36. The van der Waals surface area contributed by atoms with E-state index in [4.69, 9.17) is 4.74 Å². The summed E-state index contributed by atoms with van der Waals surface area (Å²) in [5.41, 5.74) is 1.68. The molecule has 1 aliphatic rings. The van der Waals surface area contributed by atoms with Gasteiger partial charge in [0.15, 0.2) is 0 Å². The van der Waals surface area contributed by atoms with Gasteiger partial charge in [0.1, 0.15) is 11.6 Å². The van der Waals surface area contributed by atoms with Crippen molar-refractivity contribution in [1.82, 2.24) is 10.4 Å². The molecular formula is C15H26N2O5. The van der Waals surface area contributed by atoms with Crippen LogP contribution in [0.3, 0.4) is 0 Å². The second-order valence-electron chi connectivity index (χ2n) is 6.55. The number of carbonyl (C=O) groups excluding carboxylic acids is 3. The Labute approximate surface area is 131 Å². The zero-order valence-electron chi connectivity index (χ0n) is 14.0. The summed E-state index contributed by atoms with van der Waals surface area (Å²) in [6, 6.07) is -0.534. The fourth-order valence-electron chi connectivity index (χ4n) is 2.48. The lowest BCUT2D eigenvalue weighted by molar-refractivity contribution is -0.158. The van der Waals surface area contributed by atoms with E-state index in [1.54, 1.807) is 27.7 Å². The highest BCUT2D eigenvalue weighted by molar-refractivity contribution is 5.90. The average molecular weight is 314 g/mol. The zero-order chi connectivity index (χ0) is 16.9. The van der Waals surface area contributed by atoms with Crippen molar-refractivity contribution >= 4 is 17.8 Å². The first-order chi connectivity index (χ1) is 10.2. The van der Waals surface area contributed by atoms with Gasteiger partial charge in [0.05, 0.1) is 13.5 Å². The number of nitrogens with zero attached hydrogens (tertiary/aromatic N) is 1. The molecule has 0 saturated carbocycles. The molecule has 0 bridgehead atoms. The Morgan fingerprint density at radius 3 is 2.50 bits per heavy atom. The molecule has 2 amide bonds. The van der Waals surface area contributed by atoms with Crippen LogP contribution in [0.4, 0.5) is 0 Å². The van der Waals surface area contributed by atoms with Gasteiger partial charge >= 0.3 is 5.97 Å². The number of rotatable bonds is 5. The van der Waals surface area contributed by atoms with Crippen molar-refractivity contribution in [1.29, 1.82) is 0 Å². The molecule has 7 nitrogen and oxygen atoms in total. The molecule has 2 atom stereocenters. The maximum Gasteiger partial charge on any atom is 0.307 e. The summed E-state index contributed by atoms with van der Waals surface area (Å²) in [4.78, 5) is 42.3. The van der Waals surface area contributed by atoms with Crippen molar-refractivity contribution in [2.45, 2.75) is 58.6 Å². The smallest absolute Gasteiger partial charge is 0.307 e. The second kappa shape index (κ2) is 7.58. The molecule has 126 valence electrons. The van der Waals surface area contributed by atoms with Crippen LogP contribution in [0.1, 0.15) is 47.0 Å². The maximum absolute atomic E-state index is 12.5. The van der Waals surface area contributed by atoms with Crippen LogP contribution >= 0.6 is 0 Å². The third kappa shape index (κ3) is 5.29. The first-order valence-electron chi connectivity index (χ1n) is 7.51. The van der Waals surface area contributed by atoms with E-state index in [1.165, 1.54) is 12.0 Å². The number of amides is 2. The van der Waals surface area contributed by atoms with Gasteiger partial charge in [0.2, 0.25) is 5.91 Å². The summed E-state index contributed by atoms with van der Waals surface area (Å²) in [6.07, 6.45) is 1.36. The molecule has 1 saturated heterocycles. The van der Waals surface area contributed by atoms with E-state index in [2.05, 4.69) is 10.3 Å². The first kappa shape index (κ1) is 18.4. The van der Waals surface area contributed by atoms with Gasteiger partial charge in [-0.25, -0.2) is 5.48 Å². The molecule has 0 unspecified atom stereocenters. The molecule has 0 radical (unpaired) electrons. The summed E-state index contributed by atoms with van der Waals surface area (Å²) >= 11 is 0. The van der Waals surface area contributed by atoms with E-state index in [0.717, 1.165) is 6.42 Å². The van der Waals surface area contributed by atoms with Crippen LogP contribution in [0, 0.1) is 5.92 Å². The van der Waals surface area contributed by atoms with Gasteiger partial charge in [-0.15, -0.1) is 0 Å². The molecule has 0 aromatic carbocycles. The van der Waals surface area contributed by atoms with Crippen molar-refractivity contribution in [3.05, 3.63) is 0 Å². The fraction of sp³-hybridized carbons (Fsp3) is 0.800. The van der Waals surface area contributed by atoms with Crippen molar-refractivity contribution in [3.63, 3.8) is 0 Å². The third-order valence-corrected chi connectivity index (χ3v) is 3.36. The minimum atomic E-state index is -0.575. The van der Waals surface area contributed by atoms with E-state index in [0.29, 0.717) is 13.0 Å². The molecule has 0 spiro atoms. The summed E-state index contributed by atoms with van der Waals surface area (Å²) < 4.78 is 5.23. The molecule has 7 heteroatoms. The van der Waals surface area contributed by atoms with Crippen LogP contribution in [-0.2, 0) is 24.0 Å². The molecule has 1 N–H and O–H groups in total. The monoisotopic (exact) mass is 314 g/mol. The molecule has 22 heavy (non-hydrogen) atoms. The Bertz CT molecular complexity index is 430. The minimum Gasteiger partial charge on any atom is -0.460 e. The largest absolute Gasteiger partial charge is 0.460 e. The Morgan fingerprint density at radius 2 is 1.95 bits per heavy atom. The van der Waals surface area contributed by atoms with E-state index in [1.807, 2.05) is 0 Å². The van der Waals surface area contributed by atoms with Gasteiger partial charge in [-0.05, 0) is 33.6 Å². The van der Waals surface area contributed by atoms with E-state index in [-0.39, 0.29) is 18.2 Å². The molecule has 1 rings (SSSR count). The average Bonchev–Trinajstić information content (AvgIpc) is 2.84. The number of hydrogen-bond acceptors (Lipinski definition) is 5. The van der Waals surface area contributed by atoms with Gasteiger partial charge in [0, 0.05) is 12.5 Å². The molecule has 0 aromatic rings. The number of ether oxygens (including phenoxy) is 1. The molecule has 1 heterocycles. The van der Waals surface area contributed by atoms with Crippen LogP contribution in [0.5, 0.6) is 0 Å². The SMILES string of the molecule is CONC(=O)[C@@H]1CCCN1C(=O)[C@H](C)CC(=O)OC(C)(C)C. The first-order valence-corrected chi connectivity index (χ1v) is 7.51. The predicted molar refractivity (Wildman–Crippen MR) is 79.5 cm³/mol. The molecule has 1 aliphatic heterocycles. The van der Waals surface area contributed by atoms with E-state index >= 15 is 0 Å². The highest BCUT2D eigenvalue weighted by atomic mass is 16.6. The Hall–Kier alpha value is -1.63. The van der Waals surface area contributed by atoms with Crippen molar-refractivity contribution in [3.8, 4) is 0 Å². The van der Waals surface area contributed by atoms with Crippen LogP contribution in [0.15, 0.2) is 0 Å². The van der Waals surface area contributed by atoms with Gasteiger partial charge in [-0.3, -0.25) is 19.2 Å². The predicted octanol–water partition coefficient (Wildman–Crippen LogP) is 1.02. The summed E-state index contributed by atoms with van der Waals surface area (Å²) in [7, 11) is 1.35. The standard InChI is InChI=1S/C15H26N2O5/c1-10(9-12(18)22-15(2,3)4)14(20)17-8-6-7-11(17)13(19)16-21-5/h10-11H,6-9H2,1-5H3,(H,16,19)/t10-,11+/m1/s1. The van der Waals surface area contributed by atoms with E-state index in [9.17, 15) is 14.4 Å². The van der Waals surface area contributed by atoms with Gasteiger partial charge in [-0.1, -0.05) is 6.92 Å². The zero-order valence-corrected chi connectivity index (χ0v) is 14.0. The summed E-state index contributed by atoms with van der Waals surface area (Å²) in [5.74, 6) is -1.48. The highest BCUT2D eigenvalue weighted by Crippen LogP contribution is 2.22. The summed E-state index contributed by atoms with van der Waals surface area (Å²) in [5, 5.41) is 0. The topological polar surface area (TPSA) is 84.9 Å². The van der Waals surface area contributed by atoms with Crippen molar-refractivity contribution in [2.24, 2.45) is 5.92 Å². The van der Waals surface area contributed by atoms with Crippen LogP contribution < -0.4 is 5.48 Å². The van der Waals surface area contributed by atoms with Gasteiger partial charge in [-0.2, -0.15) is 0 Å². The molecule has 0 aromatic heterocycles. The number of likely N-dealkylation sites (tertiary alicyclic amines) is 1. The van der Waals surface area contributed by atoms with Crippen molar-refractivity contribution in [2.75, 3.05) is 13.7 Å². The van der Waals surface area contributed by atoms with Crippen LogP contribution in [0.25, 0.3) is 0 Å². The molecular weight excluding hydrogens is 288 g/mol. The fourth-order valence-corrected chi connectivity index (χ4v) is 2.48. The lowest BCUT2D eigenvalue weighted by atomic mass is 10.1. The number of nitrogens with one attached hydrogen (secondary N) is 1. The van der Waals surface area contributed by atoms with Gasteiger partial charge < -0.3 is 9.64 Å².